The lowest BCUT2D eigenvalue weighted by Crippen LogP contribution is -2.37. The highest BCUT2D eigenvalue weighted by atomic mass is 32.1. The normalized spacial score (nSPS) is 11.8. The Morgan fingerprint density at radius 3 is 2.42 bits per heavy atom. The van der Waals surface area contributed by atoms with E-state index in [1.807, 2.05) is 24.4 Å². The van der Waals surface area contributed by atoms with Crippen LogP contribution in [0.1, 0.15) is 26.8 Å². The number of rotatable bonds is 4. The van der Waals surface area contributed by atoms with Gasteiger partial charge in [-0.05, 0) is 29.5 Å². The van der Waals surface area contributed by atoms with Gasteiger partial charge in [-0.3, -0.25) is 9.59 Å². The van der Waals surface area contributed by atoms with Crippen LogP contribution in [0.4, 0.5) is 0 Å². The van der Waals surface area contributed by atoms with E-state index >= 15 is 0 Å². The number of hydrogen-bond acceptors (Lipinski definition) is 3. The first-order valence-corrected chi connectivity index (χ1v) is 6.67. The molecule has 1 atom stereocenters. The number of hydrogen-bond donors (Lipinski definition) is 2. The summed E-state index contributed by atoms with van der Waals surface area (Å²) < 4.78 is 0. The number of carbonyl (C=O) groups is 2. The van der Waals surface area contributed by atoms with Crippen LogP contribution in [-0.2, 0) is 4.79 Å². The van der Waals surface area contributed by atoms with Gasteiger partial charge in [0.1, 0.15) is 6.04 Å². The summed E-state index contributed by atoms with van der Waals surface area (Å²) in [6.07, 6.45) is 0. The summed E-state index contributed by atoms with van der Waals surface area (Å²) in [5.74, 6) is -0.853. The Labute approximate surface area is 115 Å². The van der Waals surface area contributed by atoms with Gasteiger partial charge in [-0.1, -0.05) is 30.3 Å². The molecule has 98 valence electrons. The van der Waals surface area contributed by atoms with Crippen molar-refractivity contribution in [2.24, 2.45) is 5.73 Å². The zero-order valence-electron chi connectivity index (χ0n) is 10.4. The molecule has 3 N–H and O–H groups in total. The van der Waals surface area contributed by atoms with Gasteiger partial charge in [0.2, 0.25) is 5.91 Å². The van der Waals surface area contributed by atoms with Crippen LogP contribution in [0, 0.1) is 6.92 Å². The highest BCUT2D eigenvalue weighted by molar-refractivity contribution is 7.12. The van der Waals surface area contributed by atoms with E-state index in [0.29, 0.717) is 10.4 Å². The minimum absolute atomic E-state index is 0.278. The van der Waals surface area contributed by atoms with Gasteiger partial charge < -0.3 is 11.1 Å². The van der Waals surface area contributed by atoms with Crippen molar-refractivity contribution in [2.75, 3.05) is 0 Å². The zero-order valence-corrected chi connectivity index (χ0v) is 11.2. The zero-order chi connectivity index (χ0) is 13.8. The predicted molar refractivity (Wildman–Crippen MR) is 74.9 cm³/mol. The van der Waals surface area contributed by atoms with Crippen LogP contribution in [-0.4, -0.2) is 11.8 Å². The van der Waals surface area contributed by atoms with Crippen molar-refractivity contribution in [3.63, 3.8) is 0 Å². The SMILES string of the molecule is Cc1ccsc1C(=O)NC(C(N)=O)c1ccccc1. The molecule has 1 aromatic carbocycles. The molecule has 1 heterocycles. The van der Waals surface area contributed by atoms with Crippen molar-refractivity contribution in [1.29, 1.82) is 0 Å². The van der Waals surface area contributed by atoms with Crippen molar-refractivity contribution in [2.45, 2.75) is 13.0 Å². The number of nitrogens with one attached hydrogen (secondary N) is 1. The smallest absolute Gasteiger partial charge is 0.262 e. The van der Waals surface area contributed by atoms with Gasteiger partial charge in [0.25, 0.3) is 5.91 Å². The minimum Gasteiger partial charge on any atom is -0.368 e. The maximum absolute atomic E-state index is 12.1. The predicted octanol–water partition coefficient (Wildman–Crippen LogP) is 2.01. The van der Waals surface area contributed by atoms with E-state index in [1.165, 1.54) is 11.3 Å². The van der Waals surface area contributed by atoms with E-state index in [-0.39, 0.29) is 5.91 Å². The summed E-state index contributed by atoms with van der Waals surface area (Å²) in [6.45, 7) is 1.85. The molecule has 0 aliphatic rings. The Morgan fingerprint density at radius 2 is 1.89 bits per heavy atom. The largest absolute Gasteiger partial charge is 0.368 e. The Bertz CT molecular complexity index is 593. The van der Waals surface area contributed by atoms with Crippen LogP contribution in [0.25, 0.3) is 0 Å². The summed E-state index contributed by atoms with van der Waals surface area (Å²) in [5.41, 5.74) is 6.92. The molecule has 0 spiro atoms. The quantitative estimate of drug-likeness (QED) is 0.895. The molecule has 2 rings (SSSR count). The minimum atomic E-state index is -0.810. The Kier molecular flexibility index (Phi) is 3.97. The molecule has 0 aliphatic heterocycles. The van der Waals surface area contributed by atoms with Crippen molar-refractivity contribution in [3.8, 4) is 0 Å². The molecular formula is C14H14N2O2S. The fourth-order valence-corrected chi connectivity index (χ4v) is 2.59. The lowest BCUT2D eigenvalue weighted by Gasteiger charge is -2.15. The number of nitrogens with two attached hydrogens (primary N) is 1. The summed E-state index contributed by atoms with van der Waals surface area (Å²) in [7, 11) is 0. The van der Waals surface area contributed by atoms with Crippen molar-refractivity contribution in [1.82, 2.24) is 5.32 Å². The second kappa shape index (κ2) is 5.67. The summed E-state index contributed by atoms with van der Waals surface area (Å²) in [5, 5.41) is 4.51. The van der Waals surface area contributed by atoms with Crippen LogP contribution >= 0.6 is 11.3 Å². The number of benzene rings is 1. The molecule has 2 amide bonds. The van der Waals surface area contributed by atoms with Crippen LogP contribution in [0.5, 0.6) is 0 Å². The van der Waals surface area contributed by atoms with Crippen LogP contribution < -0.4 is 11.1 Å². The molecule has 0 saturated heterocycles. The van der Waals surface area contributed by atoms with E-state index in [2.05, 4.69) is 5.32 Å². The number of thiophene rings is 1. The average molecular weight is 274 g/mol. The van der Waals surface area contributed by atoms with E-state index < -0.39 is 11.9 Å². The van der Waals surface area contributed by atoms with Gasteiger partial charge in [0, 0.05) is 0 Å². The molecule has 0 fully saturated rings. The van der Waals surface area contributed by atoms with Crippen LogP contribution in [0.3, 0.4) is 0 Å². The lowest BCUT2D eigenvalue weighted by atomic mass is 10.1. The van der Waals surface area contributed by atoms with Gasteiger partial charge in [-0.15, -0.1) is 11.3 Å². The van der Waals surface area contributed by atoms with Crippen molar-refractivity contribution >= 4 is 23.2 Å². The molecule has 1 aromatic heterocycles. The van der Waals surface area contributed by atoms with Gasteiger partial charge in [0.05, 0.1) is 4.88 Å². The highest BCUT2D eigenvalue weighted by Gasteiger charge is 2.21. The summed E-state index contributed by atoms with van der Waals surface area (Å²) >= 11 is 1.34. The molecule has 19 heavy (non-hydrogen) atoms. The van der Waals surface area contributed by atoms with Gasteiger partial charge in [-0.2, -0.15) is 0 Å². The van der Waals surface area contributed by atoms with Gasteiger partial charge in [0.15, 0.2) is 0 Å². The maximum atomic E-state index is 12.1. The first-order chi connectivity index (χ1) is 9.09. The van der Waals surface area contributed by atoms with Gasteiger partial charge in [-0.25, -0.2) is 0 Å². The van der Waals surface area contributed by atoms with Crippen molar-refractivity contribution in [3.05, 3.63) is 57.8 Å². The van der Waals surface area contributed by atoms with Crippen LogP contribution in [0.2, 0.25) is 0 Å². The third kappa shape index (κ3) is 3.00. The number of amides is 2. The van der Waals surface area contributed by atoms with E-state index in [9.17, 15) is 9.59 Å². The second-order valence-corrected chi connectivity index (χ2v) is 5.07. The number of primary amides is 1. The fraction of sp³-hybridized carbons (Fsp3) is 0.143. The molecule has 0 aliphatic carbocycles. The second-order valence-electron chi connectivity index (χ2n) is 4.15. The maximum Gasteiger partial charge on any atom is 0.262 e. The molecule has 0 radical (unpaired) electrons. The molecule has 0 saturated carbocycles. The third-order valence-electron chi connectivity index (χ3n) is 2.76. The first-order valence-electron chi connectivity index (χ1n) is 5.79. The topological polar surface area (TPSA) is 72.2 Å². The van der Waals surface area contributed by atoms with Crippen LogP contribution in [0.15, 0.2) is 41.8 Å². The van der Waals surface area contributed by atoms with E-state index in [1.54, 1.807) is 24.3 Å². The third-order valence-corrected chi connectivity index (χ3v) is 3.78. The number of carbonyl (C=O) groups excluding carboxylic acids is 2. The molecular weight excluding hydrogens is 260 g/mol. The molecule has 5 heteroatoms. The standard InChI is InChI=1S/C14H14N2O2S/c1-9-7-8-19-12(9)14(18)16-11(13(15)17)10-5-3-2-4-6-10/h2-8,11H,1H3,(H2,15,17)(H,16,18). The lowest BCUT2D eigenvalue weighted by molar-refractivity contribution is -0.120. The fourth-order valence-electron chi connectivity index (χ4n) is 1.77. The Hall–Kier alpha value is -2.14. The number of aryl methyl sites for hydroxylation is 1. The molecule has 4 nitrogen and oxygen atoms in total. The first kappa shape index (κ1) is 13.3. The average Bonchev–Trinajstić information content (AvgIpc) is 2.82. The van der Waals surface area contributed by atoms with Gasteiger partial charge >= 0.3 is 0 Å². The Balaban J connectivity index is 2.21. The summed E-state index contributed by atoms with van der Waals surface area (Å²) in [4.78, 5) is 24.2. The monoisotopic (exact) mass is 274 g/mol. The van der Waals surface area contributed by atoms with Crippen molar-refractivity contribution < 1.29 is 9.59 Å². The van der Waals surface area contributed by atoms with E-state index in [4.69, 9.17) is 5.73 Å². The summed E-state index contributed by atoms with van der Waals surface area (Å²) in [6, 6.07) is 10.0. The molecule has 1 unspecified atom stereocenters. The van der Waals surface area contributed by atoms with E-state index in [0.717, 1.165) is 5.56 Å². The highest BCUT2D eigenvalue weighted by Crippen LogP contribution is 2.18. The molecule has 2 aromatic rings. The molecule has 0 bridgehead atoms. The Morgan fingerprint density at radius 1 is 1.21 bits per heavy atom.